The van der Waals surface area contributed by atoms with E-state index >= 15 is 0 Å². The van der Waals surface area contributed by atoms with Crippen molar-refractivity contribution >= 4 is 17.5 Å². The number of fused-ring (bicyclic) bond motifs is 1. The molecule has 1 aromatic heterocycles. The van der Waals surface area contributed by atoms with Gasteiger partial charge in [0.25, 0.3) is 0 Å². The Hall–Kier alpha value is -0.770. The number of carbonyl (C=O) groups excluding carboxylic acids is 1. The van der Waals surface area contributed by atoms with E-state index in [1.54, 1.807) is 11.8 Å². The predicted octanol–water partition coefficient (Wildman–Crippen LogP) is 2.60. The number of ketones is 1. The van der Waals surface area contributed by atoms with Crippen LogP contribution in [0.4, 0.5) is 0 Å². The van der Waals surface area contributed by atoms with Crippen molar-refractivity contribution in [1.82, 2.24) is 9.97 Å². The van der Waals surface area contributed by atoms with Crippen molar-refractivity contribution < 1.29 is 4.79 Å². The third-order valence-corrected chi connectivity index (χ3v) is 3.59. The zero-order chi connectivity index (χ0) is 10.1. The van der Waals surface area contributed by atoms with Crippen LogP contribution < -0.4 is 0 Å². The van der Waals surface area contributed by atoms with Crippen molar-refractivity contribution in [2.45, 2.75) is 37.6 Å². The molecule has 76 valence electrons. The fraction of sp³-hybridized carbons (Fsp3) is 0.600. The quantitative estimate of drug-likeness (QED) is 0.816. The largest absolute Gasteiger partial charge is 0.338 e. The highest BCUT2D eigenvalue weighted by Gasteiger charge is 2.23. The molecule has 4 heteroatoms. The molecule has 2 rings (SSSR count). The van der Waals surface area contributed by atoms with Crippen LogP contribution in [-0.4, -0.2) is 21.5 Å². The van der Waals surface area contributed by atoms with E-state index in [-0.39, 0.29) is 5.78 Å². The summed E-state index contributed by atoms with van der Waals surface area (Å²) in [5, 5.41) is 0.900. The van der Waals surface area contributed by atoms with E-state index in [1.807, 2.05) is 0 Å². The summed E-state index contributed by atoms with van der Waals surface area (Å²) in [6.45, 7) is 4.25. The normalized spacial score (nSPS) is 18.0. The molecule has 0 saturated heterocycles. The number of H-pyrrole nitrogens is 1. The van der Waals surface area contributed by atoms with Gasteiger partial charge in [-0.05, 0) is 6.42 Å². The number of hydrogen-bond acceptors (Lipinski definition) is 3. The van der Waals surface area contributed by atoms with Gasteiger partial charge in [-0.3, -0.25) is 4.79 Å². The minimum absolute atomic E-state index is 0.209. The highest BCUT2D eigenvalue weighted by atomic mass is 32.2. The fourth-order valence-corrected chi connectivity index (χ4v) is 2.41. The molecule has 0 saturated carbocycles. The summed E-state index contributed by atoms with van der Waals surface area (Å²) in [4.78, 5) is 19.1. The molecule has 1 N–H and O–H groups in total. The number of aromatic amines is 1. The number of imidazole rings is 1. The summed E-state index contributed by atoms with van der Waals surface area (Å²) in [6.07, 6.45) is 1.69. The van der Waals surface area contributed by atoms with E-state index in [0.29, 0.717) is 12.3 Å². The van der Waals surface area contributed by atoms with Crippen LogP contribution in [0.1, 0.15) is 48.9 Å². The maximum atomic E-state index is 11.5. The maximum absolute atomic E-state index is 11.5. The van der Waals surface area contributed by atoms with Gasteiger partial charge in [0.15, 0.2) is 5.78 Å². The van der Waals surface area contributed by atoms with Crippen LogP contribution in [0.25, 0.3) is 0 Å². The number of aromatic nitrogens is 2. The minimum atomic E-state index is 0.209. The smallest absolute Gasteiger partial charge is 0.182 e. The second-order valence-corrected chi connectivity index (χ2v) is 4.72. The van der Waals surface area contributed by atoms with Crippen LogP contribution in [0.2, 0.25) is 0 Å². The SMILES string of the molecule is CCC(C)c1nc2c([nH]1)C(=O)CCS2. The molecule has 2 heterocycles. The van der Waals surface area contributed by atoms with Crippen molar-refractivity contribution in [2.75, 3.05) is 5.75 Å². The number of carbonyl (C=O) groups is 1. The maximum Gasteiger partial charge on any atom is 0.182 e. The summed E-state index contributed by atoms with van der Waals surface area (Å²) in [6, 6.07) is 0. The molecule has 0 radical (unpaired) electrons. The average Bonchev–Trinajstić information content (AvgIpc) is 2.62. The monoisotopic (exact) mass is 210 g/mol. The summed E-state index contributed by atoms with van der Waals surface area (Å²) in [5.74, 6) is 2.45. The van der Waals surface area contributed by atoms with E-state index in [1.165, 1.54) is 0 Å². The van der Waals surface area contributed by atoms with Crippen molar-refractivity contribution in [2.24, 2.45) is 0 Å². The van der Waals surface area contributed by atoms with E-state index in [4.69, 9.17) is 0 Å². The molecule has 14 heavy (non-hydrogen) atoms. The Morgan fingerprint density at radius 1 is 1.64 bits per heavy atom. The number of nitrogens with zero attached hydrogens (tertiary/aromatic N) is 1. The molecule has 0 spiro atoms. The lowest BCUT2D eigenvalue weighted by atomic mass is 10.1. The first-order valence-corrected chi connectivity index (χ1v) is 5.96. The number of Topliss-reactive ketones (excluding diaryl/α,β-unsaturated/α-hetero) is 1. The second-order valence-electron chi connectivity index (χ2n) is 3.63. The van der Waals surface area contributed by atoms with Gasteiger partial charge in [0.1, 0.15) is 16.5 Å². The summed E-state index contributed by atoms with van der Waals surface area (Å²) >= 11 is 1.68. The lowest BCUT2D eigenvalue weighted by Crippen LogP contribution is -2.07. The zero-order valence-electron chi connectivity index (χ0n) is 8.46. The van der Waals surface area contributed by atoms with Crippen molar-refractivity contribution in [3.8, 4) is 0 Å². The molecule has 0 amide bonds. The highest BCUT2D eigenvalue weighted by Crippen LogP contribution is 2.29. The van der Waals surface area contributed by atoms with Gasteiger partial charge in [0.05, 0.1) is 0 Å². The Balaban J connectivity index is 2.35. The standard InChI is InChI=1S/C10H14N2OS/c1-3-6(2)9-11-8-7(13)4-5-14-10(8)12-9/h6H,3-5H2,1-2H3,(H,11,12). The molecule has 1 aromatic rings. The first-order chi connectivity index (χ1) is 6.72. The van der Waals surface area contributed by atoms with Gasteiger partial charge in [-0.25, -0.2) is 4.98 Å². The first kappa shape index (κ1) is 9.77. The third kappa shape index (κ3) is 1.59. The fourth-order valence-electron chi connectivity index (χ4n) is 1.46. The molecule has 1 unspecified atom stereocenters. The van der Waals surface area contributed by atoms with Gasteiger partial charge in [0.2, 0.25) is 0 Å². The van der Waals surface area contributed by atoms with Gasteiger partial charge >= 0.3 is 0 Å². The lowest BCUT2D eigenvalue weighted by molar-refractivity contribution is 0.0980. The zero-order valence-corrected chi connectivity index (χ0v) is 9.28. The van der Waals surface area contributed by atoms with Crippen LogP contribution in [-0.2, 0) is 0 Å². The summed E-state index contributed by atoms with van der Waals surface area (Å²) in [5.41, 5.74) is 0.733. The lowest BCUT2D eigenvalue weighted by Gasteiger charge is -2.05. The van der Waals surface area contributed by atoms with Gasteiger partial charge < -0.3 is 4.98 Å². The van der Waals surface area contributed by atoms with Crippen molar-refractivity contribution in [3.63, 3.8) is 0 Å². The van der Waals surface area contributed by atoms with Crippen LogP contribution in [0.3, 0.4) is 0 Å². The Bertz CT molecular complexity index is 359. The number of thioether (sulfide) groups is 1. The van der Waals surface area contributed by atoms with Crippen LogP contribution in [0, 0.1) is 0 Å². The van der Waals surface area contributed by atoms with Crippen molar-refractivity contribution in [3.05, 3.63) is 11.5 Å². The van der Waals surface area contributed by atoms with E-state index in [9.17, 15) is 4.79 Å². The van der Waals surface area contributed by atoms with Crippen LogP contribution in [0.15, 0.2) is 5.03 Å². The molecule has 0 fully saturated rings. The topological polar surface area (TPSA) is 45.8 Å². The first-order valence-electron chi connectivity index (χ1n) is 4.98. The van der Waals surface area contributed by atoms with E-state index < -0.39 is 0 Å². The second kappa shape index (κ2) is 3.77. The molecular formula is C10H14N2OS. The van der Waals surface area contributed by atoms with Crippen LogP contribution >= 0.6 is 11.8 Å². The minimum Gasteiger partial charge on any atom is -0.338 e. The van der Waals surface area contributed by atoms with Crippen molar-refractivity contribution in [1.29, 1.82) is 0 Å². The van der Waals surface area contributed by atoms with Crippen LogP contribution in [0.5, 0.6) is 0 Å². The summed E-state index contributed by atoms with van der Waals surface area (Å²) < 4.78 is 0. The molecule has 1 atom stereocenters. The Morgan fingerprint density at radius 3 is 3.07 bits per heavy atom. The highest BCUT2D eigenvalue weighted by molar-refractivity contribution is 7.99. The average molecular weight is 210 g/mol. The number of rotatable bonds is 2. The summed E-state index contributed by atoms with van der Waals surface area (Å²) in [7, 11) is 0. The Morgan fingerprint density at radius 2 is 2.43 bits per heavy atom. The van der Waals surface area contributed by atoms with Gasteiger partial charge in [-0.2, -0.15) is 0 Å². The number of hydrogen-bond donors (Lipinski definition) is 1. The number of nitrogens with one attached hydrogen (secondary N) is 1. The molecule has 0 aromatic carbocycles. The molecule has 3 nitrogen and oxygen atoms in total. The molecule has 1 aliphatic rings. The van der Waals surface area contributed by atoms with Gasteiger partial charge in [-0.1, -0.05) is 13.8 Å². The van der Waals surface area contributed by atoms with E-state index in [2.05, 4.69) is 23.8 Å². The Labute approximate surface area is 87.7 Å². The molecule has 0 bridgehead atoms. The Kier molecular flexibility index (Phi) is 2.63. The predicted molar refractivity (Wildman–Crippen MR) is 57.0 cm³/mol. The molecule has 1 aliphatic heterocycles. The van der Waals surface area contributed by atoms with Gasteiger partial charge in [-0.15, -0.1) is 11.8 Å². The molecular weight excluding hydrogens is 196 g/mol. The molecule has 0 aliphatic carbocycles. The van der Waals surface area contributed by atoms with Gasteiger partial charge in [0, 0.05) is 18.1 Å². The third-order valence-electron chi connectivity index (χ3n) is 2.61. The van der Waals surface area contributed by atoms with E-state index in [0.717, 1.165) is 28.7 Å².